The number of carbonyl (C=O) groups is 2. The first-order chi connectivity index (χ1) is 15.9. The van der Waals surface area contributed by atoms with Gasteiger partial charge in [0, 0.05) is 24.7 Å². The van der Waals surface area contributed by atoms with Crippen LogP contribution in [0.4, 0.5) is 0 Å². The molecule has 0 N–H and O–H groups in total. The van der Waals surface area contributed by atoms with E-state index in [4.69, 9.17) is 9.47 Å². The zero-order chi connectivity index (χ0) is 24.2. The van der Waals surface area contributed by atoms with Crippen molar-refractivity contribution in [1.29, 1.82) is 0 Å². The van der Waals surface area contributed by atoms with Gasteiger partial charge >= 0.3 is 5.97 Å². The number of nitrogens with zero attached hydrogens (tertiary/aromatic N) is 1. The van der Waals surface area contributed by atoms with E-state index >= 15 is 0 Å². The quantitative estimate of drug-likeness (QED) is 0.230. The van der Waals surface area contributed by atoms with Gasteiger partial charge in [-0.15, -0.1) is 0 Å². The second-order valence-corrected chi connectivity index (χ2v) is 8.20. The lowest BCUT2D eigenvalue weighted by molar-refractivity contribution is -0.145. The van der Waals surface area contributed by atoms with Gasteiger partial charge in [0.25, 0.3) is 5.91 Å². The molecule has 0 spiro atoms. The average molecular weight is 450 g/mol. The van der Waals surface area contributed by atoms with Gasteiger partial charge in [-0.1, -0.05) is 56.0 Å². The molecule has 0 heterocycles. The fraction of sp³-hybridized carbons (Fsp3) is 0.357. The minimum atomic E-state index is -0.174. The molecule has 0 aliphatic heterocycles. The third-order valence-corrected chi connectivity index (χ3v) is 5.57. The lowest BCUT2D eigenvalue weighted by atomic mass is 10.0. The monoisotopic (exact) mass is 449 g/mol. The lowest BCUT2D eigenvalue weighted by Crippen LogP contribution is -2.26. The number of unbranched alkanes of at least 4 members (excludes halogenated alkanes) is 1. The molecule has 0 fully saturated rings. The maximum absolute atomic E-state index is 12.9. The summed E-state index contributed by atoms with van der Waals surface area (Å²) in [6, 6.07) is 15.4. The van der Waals surface area contributed by atoms with E-state index in [-0.39, 0.29) is 17.8 Å². The van der Waals surface area contributed by atoms with Gasteiger partial charge in [-0.2, -0.15) is 0 Å². The van der Waals surface area contributed by atoms with E-state index in [0.29, 0.717) is 18.7 Å². The molecule has 1 unspecified atom stereocenters. The van der Waals surface area contributed by atoms with E-state index < -0.39 is 0 Å². The van der Waals surface area contributed by atoms with Crippen molar-refractivity contribution >= 4 is 17.4 Å². The lowest BCUT2D eigenvalue weighted by Gasteiger charge is -2.20. The van der Waals surface area contributed by atoms with Crippen molar-refractivity contribution in [2.45, 2.75) is 39.7 Å². The smallest absolute Gasteiger partial charge is 0.308 e. The molecule has 0 aromatic heterocycles. The molecule has 5 nitrogen and oxygen atoms in total. The number of hydrogen-bond donors (Lipinski definition) is 0. The van der Waals surface area contributed by atoms with Crippen molar-refractivity contribution in [3.05, 3.63) is 84.0 Å². The molecule has 0 radical (unpaired) electrons. The van der Waals surface area contributed by atoms with Crippen LogP contribution >= 0.6 is 0 Å². The predicted octanol–water partition coefficient (Wildman–Crippen LogP) is 5.91. The van der Waals surface area contributed by atoms with Crippen LogP contribution in [-0.2, 0) is 16.1 Å². The van der Waals surface area contributed by atoms with Crippen LogP contribution in [0.15, 0.2) is 67.3 Å². The predicted molar refractivity (Wildman–Crippen MR) is 133 cm³/mol. The highest BCUT2D eigenvalue weighted by molar-refractivity contribution is 5.94. The number of esters is 1. The standard InChI is InChI=1S/C28H35NO4/c1-6-11-21(2)23-15-17-24(18-16-23)27(30)29(4)20-25-13-7-8-14-26(25)33-19-10-9-12-22(3)28(31)32-5/h6-8,11,13-18,22H,1,9-10,12,19-20H2,2-5H3/b21-11+. The molecule has 176 valence electrons. The number of hydrogen-bond acceptors (Lipinski definition) is 4. The van der Waals surface area contributed by atoms with Crippen molar-refractivity contribution in [3.8, 4) is 5.75 Å². The summed E-state index contributed by atoms with van der Waals surface area (Å²) in [6.07, 6.45) is 6.20. The molecule has 0 saturated heterocycles. The Kier molecular flexibility index (Phi) is 10.4. The highest BCUT2D eigenvalue weighted by Gasteiger charge is 2.15. The summed E-state index contributed by atoms with van der Waals surface area (Å²) in [6.45, 7) is 8.62. The Balaban J connectivity index is 1.92. The van der Waals surface area contributed by atoms with Crippen LogP contribution in [0.3, 0.4) is 0 Å². The fourth-order valence-corrected chi connectivity index (χ4v) is 3.53. The first kappa shape index (κ1) is 25.9. The van der Waals surface area contributed by atoms with Crippen LogP contribution < -0.4 is 4.74 Å². The van der Waals surface area contributed by atoms with Crippen molar-refractivity contribution in [1.82, 2.24) is 4.90 Å². The summed E-state index contributed by atoms with van der Waals surface area (Å²) in [7, 11) is 3.21. The van der Waals surface area contributed by atoms with Gasteiger partial charge in [-0.3, -0.25) is 9.59 Å². The Morgan fingerprint density at radius 1 is 1.06 bits per heavy atom. The SMILES string of the molecule is C=C/C=C(\C)c1ccc(C(=O)N(C)Cc2ccccc2OCCCCC(C)C(=O)OC)cc1. The first-order valence-electron chi connectivity index (χ1n) is 11.3. The highest BCUT2D eigenvalue weighted by Crippen LogP contribution is 2.22. The number of carbonyl (C=O) groups excluding carboxylic acids is 2. The number of benzene rings is 2. The van der Waals surface area contributed by atoms with Gasteiger partial charge in [0.2, 0.25) is 0 Å². The summed E-state index contributed by atoms with van der Waals surface area (Å²) >= 11 is 0. The van der Waals surface area contributed by atoms with Gasteiger partial charge in [0.15, 0.2) is 0 Å². The molecule has 2 rings (SSSR count). The number of para-hydroxylation sites is 1. The van der Waals surface area contributed by atoms with Crippen molar-refractivity contribution in [2.24, 2.45) is 5.92 Å². The van der Waals surface area contributed by atoms with E-state index in [1.165, 1.54) is 7.11 Å². The Labute approximate surface area is 197 Å². The van der Waals surface area contributed by atoms with Gasteiger partial charge in [-0.05, 0) is 55.5 Å². The van der Waals surface area contributed by atoms with E-state index in [0.717, 1.165) is 41.7 Å². The van der Waals surface area contributed by atoms with E-state index in [9.17, 15) is 9.59 Å². The summed E-state index contributed by atoms with van der Waals surface area (Å²) in [5.41, 5.74) is 3.76. The maximum Gasteiger partial charge on any atom is 0.308 e. The summed E-state index contributed by atoms with van der Waals surface area (Å²) in [4.78, 5) is 26.1. The molecule has 1 atom stereocenters. The maximum atomic E-state index is 12.9. The van der Waals surface area contributed by atoms with Crippen molar-refractivity contribution < 1.29 is 19.1 Å². The zero-order valence-electron chi connectivity index (χ0n) is 20.2. The van der Waals surface area contributed by atoms with Gasteiger partial charge in [0.1, 0.15) is 5.75 Å². The third kappa shape index (κ3) is 7.94. The second kappa shape index (κ2) is 13.3. The third-order valence-electron chi connectivity index (χ3n) is 5.57. The second-order valence-electron chi connectivity index (χ2n) is 8.20. The average Bonchev–Trinajstić information content (AvgIpc) is 2.83. The minimum Gasteiger partial charge on any atom is -0.493 e. The van der Waals surface area contributed by atoms with Gasteiger partial charge in [0.05, 0.1) is 19.6 Å². The Morgan fingerprint density at radius 3 is 2.39 bits per heavy atom. The summed E-state index contributed by atoms with van der Waals surface area (Å²) in [5.74, 6) is 0.460. The Bertz CT molecular complexity index is 962. The zero-order valence-corrected chi connectivity index (χ0v) is 20.2. The van der Waals surface area contributed by atoms with Crippen LogP contribution in [0.1, 0.15) is 54.6 Å². The number of methoxy groups -OCH3 is 1. The molecule has 2 aromatic carbocycles. The van der Waals surface area contributed by atoms with Crippen LogP contribution in [0.5, 0.6) is 5.75 Å². The summed E-state index contributed by atoms with van der Waals surface area (Å²) in [5, 5.41) is 0. The fourth-order valence-electron chi connectivity index (χ4n) is 3.53. The molecule has 0 saturated carbocycles. The number of amides is 1. The topological polar surface area (TPSA) is 55.8 Å². The van der Waals surface area contributed by atoms with E-state index in [2.05, 4.69) is 6.58 Å². The molecule has 33 heavy (non-hydrogen) atoms. The number of allylic oxidation sites excluding steroid dienone is 3. The van der Waals surface area contributed by atoms with Crippen LogP contribution in [0, 0.1) is 5.92 Å². The van der Waals surface area contributed by atoms with Gasteiger partial charge in [-0.25, -0.2) is 0 Å². The Hall–Kier alpha value is -3.34. The molecule has 2 aromatic rings. The number of rotatable bonds is 12. The van der Waals surface area contributed by atoms with Gasteiger partial charge < -0.3 is 14.4 Å². The Morgan fingerprint density at radius 2 is 1.73 bits per heavy atom. The molecule has 1 amide bonds. The van der Waals surface area contributed by atoms with Crippen LogP contribution in [0.25, 0.3) is 5.57 Å². The molecule has 0 aliphatic carbocycles. The van der Waals surface area contributed by atoms with E-state index in [1.54, 1.807) is 18.0 Å². The van der Waals surface area contributed by atoms with Crippen molar-refractivity contribution in [2.75, 3.05) is 20.8 Å². The largest absolute Gasteiger partial charge is 0.493 e. The molecule has 0 aliphatic rings. The normalized spacial score (nSPS) is 12.1. The highest BCUT2D eigenvalue weighted by atomic mass is 16.5. The molecular formula is C28H35NO4. The molecular weight excluding hydrogens is 414 g/mol. The van der Waals surface area contributed by atoms with E-state index in [1.807, 2.05) is 68.5 Å². The molecule has 5 heteroatoms. The van der Waals surface area contributed by atoms with Crippen molar-refractivity contribution in [3.63, 3.8) is 0 Å². The number of ether oxygens (including phenoxy) is 2. The minimum absolute atomic E-state index is 0.0431. The first-order valence-corrected chi connectivity index (χ1v) is 11.3. The van der Waals surface area contributed by atoms with Crippen LogP contribution in [0.2, 0.25) is 0 Å². The summed E-state index contributed by atoms with van der Waals surface area (Å²) < 4.78 is 10.7. The molecule has 0 bridgehead atoms. The van der Waals surface area contributed by atoms with Crippen LogP contribution in [-0.4, -0.2) is 37.5 Å².